The van der Waals surface area contributed by atoms with Gasteiger partial charge in [0.1, 0.15) is 5.82 Å². The molecule has 0 aliphatic heterocycles. The molecule has 0 spiro atoms. The molecule has 1 N–H and O–H groups in total. The van der Waals surface area contributed by atoms with Crippen molar-refractivity contribution in [2.24, 2.45) is 0 Å². The quantitative estimate of drug-likeness (QED) is 0.597. The van der Waals surface area contributed by atoms with Crippen molar-refractivity contribution in [2.75, 3.05) is 5.32 Å². The maximum Gasteiger partial charge on any atom is 0.267 e. The van der Waals surface area contributed by atoms with Crippen LogP contribution in [0.2, 0.25) is 0 Å². The first-order valence-corrected chi connectivity index (χ1v) is 8.86. The van der Waals surface area contributed by atoms with Crippen molar-refractivity contribution in [3.8, 4) is 5.69 Å². The molecule has 0 atom stereocenters. The van der Waals surface area contributed by atoms with E-state index in [-0.39, 0.29) is 11.5 Å². The fourth-order valence-electron chi connectivity index (χ4n) is 3.15. The number of amides is 1. The summed E-state index contributed by atoms with van der Waals surface area (Å²) in [6.07, 6.45) is 1.62. The highest BCUT2D eigenvalue weighted by Crippen LogP contribution is 2.16. The van der Waals surface area contributed by atoms with E-state index in [0.29, 0.717) is 33.8 Å². The van der Waals surface area contributed by atoms with E-state index in [1.165, 1.54) is 4.57 Å². The van der Waals surface area contributed by atoms with Crippen LogP contribution in [-0.4, -0.2) is 20.4 Å². The molecule has 6 nitrogen and oxygen atoms in total. The third-order valence-electron chi connectivity index (χ3n) is 4.58. The third-order valence-corrected chi connectivity index (χ3v) is 4.58. The van der Waals surface area contributed by atoms with E-state index in [0.717, 1.165) is 5.56 Å². The van der Waals surface area contributed by atoms with E-state index in [2.05, 4.69) is 15.3 Å². The second-order valence-electron chi connectivity index (χ2n) is 6.49. The van der Waals surface area contributed by atoms with E-state index in [1.807, 2.05) is 25.1 Å². The highest BCUT2D eigenvalue weighted by molar-refractivity contribution is 6.05. The van der Waals surface area contributed by atoms with Gasteiger partial charge in [0, 0.05) is 17.4 Å². The monoisotopic (exact) mass is 370 g/mol. The number of nitrogens with zero attached hydrogens (tertiary/aromatic N) is 3. The summed E-state index contributed by atoms with van der Waals surface area (Å²) in [5.41, 5.74) is 3.13. The van der Waals surface area contributed by atoms with Crippen LogP contribution in [0.1, 0.15) is 21.7 Å². The molecule has 0 saturated carbocycles. The van der Waals surface area contributed by atoms with Crippen LogP contribution in [0.5, 0.6) is 0 Å². The van der Waals surface area contributed by atoms with Crippen LogP contribution in [-0.2, 0) is 0 Å². The number of anilines is 1. The van der Waals surface area contributed by atoms with Crippen molar-refractivity contribution in [3.63, 3.8) is 0 Å². The second-order valence-corrected chi connectivity index (χ2v) is 6.49. The SMILES string of the molecule is Cc1ccccc1C(=O)Nc1ccc(-n2c(C)nc3ncccc3c2=O)cc1. The van der Waals surface area contributed by atoms with E-state index in [4.69, 9.17) is 0 Å². The Bertz CT molecular complexity index is 1240. The standard InChI is InChI=1S/C22H18N4O2/c1-14-6-3-4-7-18(14)21(27)25-16-9-11-17(12-10-16)26-15(2)24-20-19(22(26)28)8-5-13-23-20/h3-13H,1-2H3,(H,25,27). The molecular weight excluding hydrogens is 352 g/mol. The van der Waals surface area contributed by atoms with E-state index in [9.17, 15) is 9.59 Å². The van der Waals surface area contributed by atoms with Gasteiger partial charge in [0.25, 0.3) is 11.5 Å². The highest BCUT2D eigenvalue weighted by atomic mass is 16.1. The smallest absolute Gasteiger partial charge is 0.267 e. The summed E-state index contributed by atoms with van der Waals surface area (Å²) < 4.78 is 1.54. The molecule has 0 saturated heterocycles. The van der Waals surface area contributed by atoms with Crippen molar-refractivity contribution in [1.82, 2.24) is 14.5 Å². The predicted molar refractivity (Wildman–Crippen MR) is 109 cm³/mol. The fraction of sp³-hybridized carbons (Fsp3) is 0.0909. The maximum absolute atomic E-state index is 12.8. The predicted octanol–water partition coefficient (Wildman–Crippen LogP) is 3.65. The lowest BCUT2D eigenvalue weighted by atomic mass is 10.1. The van der Waals surface area contributed by atoms with Crippen LogP contribution >= 0.6 is 0 Å². The molecule has 0 aliphatic rings. The summed E-state index contributed by atoms with van der Waals surface area (Å²) in [4.78, 5) is 33.9. The number of benzene rings is 2. The van der Waals surface area contributed by atoms with Crippen molar-refractivity contribution >= 4 is 22.6 Å². The van der Waals surface area contributed by atoms with Gasteiger partial charge in [-0.25, -0.2) is 9.97 Å². The first-order valence-electron chi connectivity index (χ1n) is 8.86. The zero-order chi connectivity index (χ0) is 19.7. The van der Waals surface area contributed by atoms with Crippen molar-refractivity contribution in [1.29, 1.82) is 0 Å². The number of aryl methyl sites for hydroxylation is 2. The van der Waals surface area contributed by atoms with Gasteiger partial charge in [0.05, 0.1) is 11.1 Å². The van der Waals surface area contributed by atoms with Gasteiger partial charge in [-0.1, -0.05) is 18.2 Å². The lowest BCUT2D eigenvalue weighted by Crippen LogP contribution is -2.22. The molecule has 2 aromatic heterocycles. The molecule has 0 radical (unpaired) electrons. The second kappa shape index (κ2) is 7.08. The van der Waals surface area contributed by atoms with Gasteiger partial charge in [-0.3, -0.25) is 14.2 Å². The Hall–Kier alpha value is -3.80. The Kier molecular flexibility index (Phi) is 4.45. The summed E-state index contributed by atoms with van der Waals surface area (Å²) >= 11 is 0. The Morgan fingerprint density at radius 2 is 1.71 bits per heavy atom. The van der Waals surface area contributed by atoms with Crippen LogP contribution in [0, 0.1) is 13.8 Å². The van der Waals surface area contributed by atoms with Gasteiger partial charge in [-0.05, 0) is 61.9 Å². The Morgan fingerprint density at radius 3 is 2.46 bits per heavy atom. The molecule has 28 heavy (non-hydrogen) atoms. The normalized spacial score (nSPS) is 10.8. The molecule has 2 aromatic carbocycles. The molecule has 1 amide bonds. The summed E-state index contributed by atoms with van der Waals surface area (Å²) in [6, 6.07) is 18.0. The molecular formula is C22H18N4O2. The van der Waals surface area contributed by atoms with E-state index in [1.54, 1.807) is 55.6 Å². The number of carbonyl (C=O) groups excluding carboxylic acids is 1. The lowest BCUT2D eigenvalue weighted by molar-refractivity contribution is 0.102. The summed E-state index contributed by atoms with van der Waals surface area (Å²) in [5, 5.41) is 3.35. The van der Waals surface area contributed by atoms with Gasteiger partial charge in [-0.15, -0.1) is 0 Å². The molecule has 138 valence electrons. The Balaban J connectivity index is 1.66. The fourth-order valence-corrected chi connectivity index (χ4v) is 3.15. The molecule has 2 heterocycles. The number of carbonyl (C=O) groups is 1. The van der Waals surface area contributed by atoms with Gasteiger partial charge < -0.3 is 5.32 Å². The zero-order valence-electron chi connectivity index (χ0n) is 15.5. The van der Waals surface area contributed by atoms with Gasteiger partial charge >= 0.3 is 0 Å². The van der Waals surface area contributed by atoms with Crippen molar-refractivity contribution < 1.29 is 4.79 Å². The number of rotatable bonds is 3. The molecule has 6 heteroatoms. The average Bonchev–Trinajstić information content (AvgIpc) is 2.69. The molecule has 4 rings (SSSR count). The van der Waals surface area contributed by atoms with Crippen LogP contribution in [0.3, 0.4) is 0 Å². The molecule has 0 aliphatic carbocycles. The number of hydrogen-bond donors (Lipinski definition) is 1. The first kappa shape index (κ1) is 17.6. The molecule has 0 fully saturated rings. The van der Waals surface area contributed by atoms with Crippen LogP contribution in [0.15, 0.2) is 71.7 Å². The summed E-state index contributed by atoms with van der Waals surface area (Å²) in [6.45, 7) is 3.66. The lowest BCUT2D eigenvalue weighted by Gasteiger charge is -2.12. The van der Waals surface area contributed by atoms with Gasteiger partial charge in [-0.2, -0.15) is 0 Å². The largest absolute Gasteiger partial charge is 0.322 e. The van der Waals surface area contributed by atoms with Crippen LogP contribution in [0.4, 0.5) is 5.69 Å². The minimum absolute atomic E-state index is 0.169. The molecule has 0 unspecified atom stereocenters. The minimum Gasteiger partial charge on any atom is -0.322 e. The van der Waals surface area contributed by atoms with Crippen LogP contribution < -0.4 is 10.9 Å². The minimum atomic E-state index is -0.174. The number of fused-ring (bicyclic) bond motifs is 1. The van der Waals surface area contributed by atoms with Crippen molar-refractivity contribution in [3.05, 3.63) is 94.2 Å². The third kappa shape index (κ3) is 3.16. The Morgan fingerprint density at radius 1 is 0.964 bits per heavy atom. The molecule has 4 aromatic rings. The molecule has 0 bridgehead atoms. The van der Waals surface area contributed by atoms with Gasteiger partial charge in [0.15, 0.2) is 5.65 Å². The maximum atomic E-state index is 12.8. The van der Waals surface area contributed by atoms with E-state index >= 15 is 0 Å². The number of pyridine rings is 1. The van der Waals surface area contributed by atoms with Crippen molar-refractivity contribution in [2.45, 2.75) is 13.8 Å². The van der Waals surface area contributed by atoms with E-state index < -0.39 is 0 Å². The highest BCUT2D eigenvalue weighted by Gasteiger charge is 2.12. The first-order chi connectivity index (χ1) is 13.5. The number of hydrogen-bond acceptors (Lipinski definition) is 4. The average molecular weight is 370 g/mol. The Labute approximate surface area is 161 Å². The summed E-state index contributed by atoms with van der Waals surface area (Å²) in [5.74, 6) is 0.380. The zero-order valence-corrected chi connectivity index (χ0v) is 15.5. The van der Waals surface area contributed by atoms with Crippen LogP contribution in [0.25, 0.3) is 16.7 Å². The summed E-state index contributed by atoms with van der Waals surface area (Å²) in [7, 11) is 0. The number of nitrogens with one attached hydrogen (secondary N) is 1. The topological polar surface area (TPSA) is 76.9 Å². The number of aromatic nitrogens is 3. The van der Waals surface area contributed by atoms with Gasteiger partial charge in [0.2, 0.25) is 0 Å².